The van der Waals surface area contributed by atoms with E-state index in [-0.39, 0.29) is 11.5 Å². The Morgan fingerprint density at radius 2 is 1.76 bits per heavy atom. The van der Waals surface area contributed by atoms with E-state index in [1.807, 2.05) is 25.3 Å². The van der Waals surface area contributed by atoms with E-state index in [1.165, 1.54) is 18.2 Å². The summed E-state index contributed by atoms with van der Waals surface area (Å²) in [7, 11) is -3.72. The number of nitrogens with one attached hydrogen (secondary N) is 2. The zero-order valence-corrected chi connectivity index (χ0v) is 15.1. The number of amides is 1. The number of hydrazine groups is 1. The van der Waals surface area contributed by atoms with Crippen LogP contribution in [0.1, 0.15) is 16.7 Å². The van der Waals surface area contributed by atoms with Crippen LogP contribution in [0.4, 0.5) is 5.69 Å². The third-order valence-corrected chi connectivity index (χ3v) is 5.11. The van der Waals surface area contributed by atoms with Gasteiger partial charge in [-0.05, 0) is 67.8 Å². The molecule has 0 aliphatic carbocycles. The van der Waals surface area contributed by atoms with Crippen LogP contribution >= 0.6 is 0 Å². The van der Waals surface area contributed by atoms with Crippen LogP contribution in [0.5, 0.6) is 5.75 Å². The first-order valence-electron chi connectivity index (χ1n) is 7.56. The molecule has 0 saturated heterocycles. The highest BCUT2D eigenvalue weighted by Crippen LogP contribution is 2.24. The number of nitrogens with two attached hydrogens (primary N) is 1. The second-order valence-corrected chi connectivity index (χ2v) is 7.37. The molecule has 134 valence electrons. The lowest BCUT2D eigenvalue weighted by atomic mass is 10.1. The Hall–Kier alpha value is -2.58. The topological polar surface area (TPSA) is 111 Å². The summed E-state index contributed by atoms with van der Waals surface area (Å²) in [5.74, 6) is 4.91. The van der Waals surface area contributed by atoms with E-state index in [0.717, 1.165) is 11.1 Å². The van der Waals surface area contributed by atoms with Crippen LogP contribution in [0.15, 0.2) is 41.3 Å². The molecule has 0 spiro atoms. The van der Waals surface area contributed by atoms with Gasteiger partial charge >= 0.3 is 0 Å². The quantitative estimate of drug-likeness (QED) is 0.412. The zero-order valence-electron chi connectivity index (χ0n) is 14.3. The molecular weight excluding hydrogens is 342 g/mol. The summed E-state index contributed by atoms with van der Waals surface area (Å²) in [4.78, 5) is 11.2. The van der Waals surface area contributed by atoms with Crippen molar-refractivity contribution in [2.45, 2.75) is 25.7 Å². The van der Waals surface area contributed by atoms with Crippen molar-refractivity contribution in [1.82, 2.24) is 5.43 Å². The monoisotopic (exact) mass is 363 g/mol. The first-order chi connectivity index (χ1) is 11.7. The molecule has 0 atom stereocenters. The number of sulfonamides is 1. The maximum Gasteiger partial charge on any atom is 0.271 e. The first-order valence-corrected chi connectivity index (χ1v) is 9.04. The third-order valence-electron chi connectivity index (χ3n) is 3.74. The van der Waals surface area contributed by atoms with Gasteiger partial charge < -0.3 is 4.74 Å². The second-order valence-electron chi connectivity index (χ2n) is 5.69. The van der Waals surface area contributed by atoms with Crippen molar-refractivity contribution in [3.05, 3.63) is 53.1 Å². The first kappa shape index (κ1) is 18.8. The molecule has 2 aromatic rings. The van der Waals surface area contributed by atoms with Gasteiger partial charge in [-0.15, -0.1) is 0 Å². The largest absolute Gasteiger partial charge is 0.483 e. The Morgan fingerprint density at radius 3 is 2.36 bits per heavy atom. The van der Waals surface area contributed by atoms with Crippen LogP contribution in [0.2, 0.25) is 0 Å². The van der Waals surface area contributed by atoms with Crippen molar-refractivity contribution in [2.75, 3.05) is 11.3 Å². The van der Waals surface area contributed by atoms with E-state index in [9.17, 15) is 13.2 Å². The number of ether oxygens (including phenoxy) is 1. The average molecular weight is 363 g/mol. The Morgan fingerprint density at radius 1 is 1.04 bits per heavy atom. The molecule has 0 radical (unpaired) electrons. The molecule has 0 fully saturated rings. The van der Waals surface area contributed by atoms with Crippen molar-refractivity contribution < 1.29 is 17.9 Å². The summed E-state index contributed by atoms with van der Waals surface area (Å²) in [6.45, 7) is 5.33. The normalized spacial score (nSPS) is 11.0. The predicted molar refractivity (Wildman–Crippen MR) is 95.7 cm³/mol. The van der Waals surface area contributed by atoms with Crippen LogP contribution in [0.25, 0.3) is 0 Å². The fraction of sp³-hybridized carbons (Fsp3) is 0.235. The number of carbonyl (C=O) groups is 1. The molecule has 1 amide bonds. The SMILES string of the molecule is Cc1ccc(NS(=O)(=O)c2ccc(OCC(=O)NN)c(C)c2)cc1C. The Labute approximate surface area is 147 Å². The highest BCUT2D eigenvalue weighted by molar-refractivity contribution is 7.92. The molecule has 8 heteroatoms. The minimum atomic E-state index is -3.72. The molecule has 7 nitrogen and oxygen atoms in total. The van der Waals surface area contributed by atoms with Crippen LogP contribution < -0.4 is 20.7 Å². The molecule has 2 aromatic carbocycles. The molecule has 0 aliphatic heterocycles. The maximum atomic E-state index is 12.5. The van der Waals surface area contributed by atoms with E-state index in [1.54, 1.807) is 19.1 Å². The smallest absolute Gasteiger partial charge is 0.271 e. The Kier molecular flexibility index (Phi) is 5.66. The third kappa shape index (κ3) is 4.71. The predicted octanol–water partition coefficient (Wildman–Crippen LogP) is 1.78. The molecule has 2 rings (SSSR count). The van der Waals surface area contributed by atoms with E-state index in [0.29, 0.717) is 17.0 Å². The van der Waals surface area contributed by atoms with Crippen LogP contribution in [-0.4, -0.2) is 20.9 Å². The Bertz CT molecular complexity index is 895. The minimum absolute atomic E-state index is 0.110. The van der Waals surface area contributed by atoms with Crippen molar-refractivity contribution in [3.8, 4) is 5.75 Å². The van der Waals surface area contributed by atoms with Crippen molar-refractivity contribution >= 4 is 21.6 Å². The van der Waals surface area contributed by atoms with Crippen LogP contribution in [0, 0.1) is 20.8 Å². The lowest BCUT2D eigenvalue weighted by molar-refractivity contribution is -0.123. The van der Waals surface area contributed by atoms with Crippen LogP contribution in [0.3, 0.4) is 0 Å². The summed E-state index contributed by atoms with van der Waals surface area (Å²) in [5.41, 5.74) is 5.13. The molecule has 0 aliphatic rings. The highest BCUT2D eigenvalue weighted by atomic mass is 32.2. The van der Waals surface area contributed by atoms with Gasteiger partial charge in [0.1, 0.15) is 5.75 Å². The molecule has 0 aromatic heterocycles. The summed E-state index contributed by atoms with van der Waals surface area (Å²) in [5, 5.41) is 0. The molecule has 4 N–H and O–H groups in total. The van der Waals surface area contributed by atoms with Crippen molar-refractivity contribution in [3.63, 3.8) is 0 Å². The summed E-state index contributed by atoms with van der Waals surface area (Å²) >= 11 is 0. The maximum absolute atomic E-state index is 12.5. The van der Waals surface area contributed by atoms with Crippen molar-refractivity contribution in [2.24, 2.45) is 5.84 Å². The number of hydrogen-bond acceptors (Lipinski definition) is 5. The number of rotatable bonds is 6. The standard InChI is InChI=1S/C17H21N3O4S/c1-11-4-5-14(8-12(11)2)20-25(22,23)15-6-7-16(13(3)9-15)24-10-17(21)19-18/h4-9,20H,10,18H2,1-3H3,(H,19,21). The number of hydrogen-bond donors (Lipinski definition) is 3. The van der Waals surface area contributed by atoms with Gasteiger partial charge in [0.15, 0.2) is 6.61 Å². The summed E-state index contributed by atoms with van der Waals surface area (Å²) < 4.78 is 32.9. The lowest BCUT2D eigenvalue weighted by Gasteiger charge is -2.12. The average Bonchev–Trinajstić information content (AvgIpc) is 2.56. The number of anilines is 1. The van der Waals surface area contributed by atoms with Gasteiger partial charge in [0.2, 0.25) is 0 Å². The van der Waals surface area contributed by atoms with Gasteiger partial charge in [-0.3, -0.25) is 14.9 Å². The van der Waals surface area contributed by atoms with Gasteiger partial charge in [-0.1, -0.05) is 6.07 Å². The van der Waals surface area contributed by atoms with Gasteiger partial charge in [-0.25, -0.2) is 14.3 Å². The minimum Gasteiger partial charge on any atom is -0.483 e. The van der Waals surface area contributed by atoms with E-state index >= 15 is 0 Å². The van der Waals surface area contributed by atoms with E-state index < -0.39 is 15.9 Å². The molecule has 0 unspecified atom stereocenters. The van der Waals surface area contributed by atoms with Gasteiger partial charge in [0.25, 0.3) is 15.9 Å². The second kappa shape index (κ2) is 7.54. The molecule has 0 heterocycles. The Balaban J connectivity index is 2.20. The highest BCUT2D eigenvalue weighted by Gasteiger charge is 2.16. The van der Waals surface area contributed by atoms with Gasteiger partial charge in [0.05, 0.1) is 4.90 Å². The number of carbonyl (C=O) groups excluding carboxylic acids is 1. The van der Waals surface area contributed by atoms with E-state index in [2.05, 4.69) is 4.72 Å². The summed E-state index contributed by atoms with van der Waals surface area (Å²) in [6, 6.07) is 9.77. The molecule has 25 heavy (non-hydrogen) atoms. The van der Waals surface area contributed by atoms with Crippen LogP contribution in [-0.2, 0) is 14.8 Å². The molecule has 0 bridgehead atoms. The fourth-order valence-corrected chi connectivity index (χ4v) is 3.29. The number of benzene rings is 2. The zero-order chi connectivity index (χ0) is 18.6. The van der Waals surface area contributed by atoms with Gasteiger partial charge in [0, 0.05) is 5.69 Å². The van der Waals surface area contributed by atoms with E-state index in [4.69, 9.17) is 10.6 Å². The molecular formula is C17H21N3O4S. The van der Waals surface area contributed by atoms with Gasteiger partial charge in [-0.2, -0.15) is 0 Å². The number of aryl methyl sites for hydroxylation is 3. The summed E-state index contributed by atoms with van der Waals surface area (Å²) in [6.07, 6.45) is 0. The lowest BCUT2D eigenvalue weighted by Crippen LogP contribution is -2.34. The fourth-order valence-electron chi connectivity index (χ4n) is 2.15. The molecule has 0 saturated carbocycles. The van der Waals surface area contributed by atoms with Crippen molar-refractivity contribution in [1.29, 1.82) is 0 Å².